The van der Waals surface area contributed by atoms with E-state index in [0.29, 0.717) is 22.4 Å². The van der Waals surface area contributed by atoms with Gasteiger partial charge in [-0.25, -0.2) is 9.59 Å². The van der Waals surface area contributed by atoms with Crippen LogP contribution in [0, 0.1) is 0 Å². The van der Waals surface area contributed by atoms with E-state index in [0.717, 1.165) is 0 Å². The predicted octanol–water partition coefficient (Wildman–Crippen LogP) is 1.64. The lowest BCUT2D eigenvalue weighted by atomic mass is 9.83. The molecule has 0 radical (unpaired) electrons. The summed E-state index contributed by atoms with van der Waals surface area (Å²) < 4.78 is 42.4. The number of H-pyrrole nitrogens is 1. The van der Waals surface area contributed by atoms with E-state index in [4.69, 9.17) is 37.9 Å². The average Bonchev–Trinajstić information content (AvgIpc) is 3.82. The number of ether oxygens (including phenoxy) is 8. The van der Waals surface area contributed by atoms with Gasteiger partial charge in [-0.1, -0.05) is 30.3 Å². The van der Waals surface area contributed by atoms with E-state index in [9.17, 15) is 33.6 Å². The SMILES string of the molecule is COC(=O)CCC1=C(CC(=O)O[C@H]2C(=O)OC[C@H]3O[C@@H](c4ccccc4)O[C@H]32)[C@@](C)(Cc2[nH]c(C(=O)OC)c(CCC(=O)OC)c2CC(=O)OC)NC1=O. The molecule has 3 aliphatic heterocycles. The number of aromatic nitrogens is 1. The molecule has 17 nitrogen and oxygen atoms in total. The second-order valence-electron chi connectivity index (χ2n) is 13.0. The molecule has 0 aliphatic carbocycles. The number of amides is 1. The largest absolute Gasteiger partial charge is 0.469 e. The van der Waals surface area contributed by atoms with Crippen LogP contribution in [-0.2, 0) is 85.9 Å². The zero-order chi connectivity index (χ0) is 39.2. The molecular weight excluding hydrogens is 712 g/mol. The number of hydrogen-bond donors (Lipinski definition) is 2. The van der Waals surface area contributed by atoms with Gasteiger partial charge in [0.25, 0.3) is 0 Å². The van der Waals surface area contributed by atoms with Crippen molar-refractivity contribution in [3.05, 3.63) is 69.6 Å². The maximum atomic E-state index is 13.8. The minimum Gasteiger partial charge on any atom is -0.469 e. The number of methoxy groups -OCH3 is 4. The molecule has 54 heavy (non-hydrogen) atoms. The smallest absolute Gasteiger partial charge is 0.354 e. The van der Waals surface area contributed by atoms with E-state index >= 15 is 0 Å². The zero-order valence-electron chi connectivity index (χ0n) is 30.5. The quantitative estimate of drug-likeness (QED) is 0.195. The molecule has 1 aromatic heterocycles. The normalized spacial score (nSPS) is 23.2. The van der Waals surface area contributed by atoms with Crippen molar-refractivity contribution in [2.24, 2.45) is 0 Å². The van der Waals surface area contributed by atoms with Crippen molar-refractivity contribution < 1.29 is 71.5 Å². The Bertz CT molecular complexity index is 1830. The third-order valence-electron chi connectivity index (χ3n) is 9.60. The Morgan fingerprint density at radius 3 is 2.13 bits per heavy atom. The maximum absolute atomic E-state index is 13.8. The summed E-state index contributed by atoms with van der Waals surface area (Å²) in [7, 11) is 4.78. The van der Waals surface area contributed by atoms with Gasteiger partial charge in [-0.15, -0.1) is 0 Å². The van der Waals surface area contributed by atoms with Crippen LogP contribution in [0.1, 0.15) is 71.8 Å². The van der Waals surface area contributed by atoms with Crippen LogP contribution in [0.5, 0.6) is 0 Å². The monoisotopic (exact) mass is 754 g/mol. The second kappa shape index (κ2) is 17.1. The second-order valence-corrected chi connectivity index (χ2v) is 13.0. The van der Waals surface area contributed by atoms with Crippen molar-refractivity contribution in [1.29, 1.82) is 0 Å². The number of hydrogen-bond acceptors (Lipinski definition) is 15. The maximum Gasteiger partial charge on any atom is 0.354 e. The van der Waals surface area contributed by atoms with Crippen molar-refractivity contribution in [1.82, 2.24) is 10.3 Å². The highest BCUT2D eigenvalue weighted by molar-refractivity contribution is 6.00. The molecule has 17 heteroatoms. The summed E-state index contributed by atoms with van der Waals surface area (Å²) in [6.45, 7) is 1.51. The van der Waals surface area contributed by atoms with Crippen LogP contribution in [-0.4, -0.2) is 106 Å². The number of fused-ring (bicyclic) bond motifs is 1. The highest BCUT2D eigenvalue weighted by Gasteiger charge is 2.52. The Kier molecular flexibility index (Phi) is 12.5. The minimum absolute atomic E-state index is 0.0149. The van der Waals surface area contributed by atoms with Gasteiger partial charge in [-0.2, -0.15) is 0 Å². The number of benzene rings is 1. The van der Waals surface area contributed by atoms with Gasteiger partial charge in [0.15, 0.2) is 6.29 Å². The van der Waals surface area contributed by atoms with Gasteiger partial charge in [0.1, 0.15) is 24.5 Å². The highest BCUT2D eigenvalue weighted by atomic mass is 16.8. The fourth-order valence-corrected chi connectivity index (χ4v) is 6.86. The van der Waals surface area contributed by atoms with E-state index in [1.165, 1.54) is 28.4 Å². The molecule has 5 atom stereocenters. The fourth-order valence-electron chi connectivity index (χ4n) is 6.86. The van der Waals surface area contributed by atoms with E-state index in [-0.39, 0.29) is 62.0 Å². The van der Waals surface area contributed by atoms with E-state index in [1.807, 2.05) is 6.07 Å². The molecule has 2 fully saturated rings. The van der Waals surface area contributed by atoms with Crippen LogP contribution in [0.4, 0.5) is 0 Å². The van der Waals surface area contributed by atoms with Crippen molar-refractivity contribution >= 4 is 41.7 Å². The number of cyclic esters (lactones) is 1. The standard InChI is InChI=1S/C37H42N2O15/c1-37(17-24-22(15-28(42)49-4)20(11-13-26(40)47-2)30(38-24)34(45)50-5)23(21(33(44)39-37)12-14-27(41)48-3)16-29(43)53-32-31-25(18-51-35(32)46)52-36(54-31)19-9-7-6-8-10-19/h6-10,25,31-32,36,38H,11-18H2,1-5H3,(H,39,44)/t25-,31-,32-,36-,37-/m1/s1. The van der Waals surface area contributed by atoms with Gasteiger partial charge in [-0.3, -0.25) is 24.0 Å². The summed E-state index contributed by atoms with van der Waals surface area (Å²) in [4.78, 5) is 93.2. The molecule has 0 spiro atoms. The summed E-state index contributed by atoms with van der Waals surface area (Å²) in [5.41, 5.74) is 0.517. The first kappa shape index (κ1) is 39.7. The molecule has 0 bridgehead atoms. The first-order valence-corrected chi connectivity index (χ1v) is 17.1. The molecule has 4 heterocycles. The van der Waals surface area contributed by atoms with Crippen LogP contribution in [0.2, 0.25) is 0 Å². The molecule has 3 aliphatic rings. The van der Waals surface area contributed by atoms with Crippen LogP contribution >= 0.6 is 0 Å². The first-order chi connectivity index (χ1) is 25.8. The van der Waals surface area contributed by atoms with Crippen LogP contribution < -0.4 is 5.32 Å². The number of nitrogens with one attached hydrogen (secondary N) is 2. The first-order valence-electron chi connectivity index (χ1n) is 17.1. The van der Waals surface area contributed by atoms with Gasteiger partial charge in [0.05, 0.1) is 46.8 Å². The summed E-state index contributed by atoms with van der Waals surface area (Å²) in [5, 5.41) is 2.89. The van der Waals surface area contributed by atoms with Crippen molar-refractivity contribution in [2.75, 3.05) is 35.0 Å². The molecule has 2 saturated heterocycles. The van der Waals surface area contributed by atoms with Gasteiger partial charge >= 0.3 is 35.8 Å². The lowest BCUT2D eigenvalue weighted by Crippen LogP contribution is -2.51. The zero-order valence-corrected chi connectivity index (χ0v) is 30.5. The lowest BCUT2D eigenvalue weighted by Gasteiger charge is -2.31. The molecule has 0 saturated carbocycles. The number of rotatable bonds is 15. The lowest BCUT2D eigenvalue weighted by molar-refractivity contribution is -0.187. The molecule has 290 valence electrons. The molecule has 1 amide bonds. The molecule has 1 aromatic carbocycles. The average molecular weight is 755 g/mol. The van der Waals surface area contributed by atoms with Crippen LogP contribution in [0.15, 0.2) is 41.5 Å². The summed E-state index contributed by atoms with van der Waals surface area (Å²) in [6, 6.07) is 9.00. The summed E-state index contributed by atoms with van der Waals surface area (Å²) in [5.74, 6) is -4.93. The van der Waals surface area contributed by atoms with Crippen molar-refractivity contribution in [3.8, 4) is 0 Å². The van der Waals surface area contributed by atoms with Gasteiger partial charge in [0.2, 0.25) is 12.0 Å². The molecule has 2 N–H and O–H groups in total. The third kappa shape index (κ3) is 8.63. The Morgan fingerprint density at radius 2 is 1.48 bits per heavy atom. The summed E-state index contributed by atoms with van der Waals surface area (Å²) in [6.07, 6.45) is -5.46. The predicted molar refractivity (Wildman–Crippen MR) is 181 cm³/mol. The van der Waals surface area contributed by atoms with Gasteiger partial charge in [-0.05, 0) is 36.5 Å². The number of carbonyl (C=O) groups is 7. The minimum atomic E-state index is -1.49. The van der Waals surface area contributed by atoms with Gasteiger partial charge < -0.3 is 48.2 Å². The van der Waals surface area contributed by atoms with Crippen molar-refractivity contribution in [2.45, 2.75) is 82.0 Å². The Labute approximate surface area is 309 Å². The summed E-state index contributed by atoms with van der Waals surface area (Å²) >= 11 is 0. The van der Waals surface area contributed by atoms with Gasteiger partial charge in [0, 0.05) is 36.1 Å². The molecule has 5 rings (SSSR count). The van der Waals surface area contributed by atoms with E-state index in [1.54, 1.807) is 31.2 Å². The van der Waals surface area contributed by atoms with Crippen LogP contribution in [0.3, 0.4) is 0 Å². The molecular formula is C37H42N2O15. The fraction of sp³-hybridized carbons (Fsp3) is 0.486. The Balaban J connectivity index is 1.48. The highest BCUT2D eigenvalue weighted by Crippen LogP contribution is 2.39. The topological polar surface area (TPSA) is 221 Å². The van der Waals surface area contributed by atoms with E-state index in [2.05, 4.69) is 10.3 Å². The van der Waals surface area contributed by atoms with Crippen molar-refractivity contribution in [3.63, 3.8) is 0 Å². The molecule has 0 unspecified atom stereocenters. The Morgan fingerprint density at radius 1 is 0.815 bits per heavy atom. The van der Waals surface area contributed by atoms with E-state index < -0.39 is 78.3 Å². The molecule has 2 aromatic rings. The third-order valence-corrected chi connectivity index (χ3v) is 9.60. The van der Waals surface area contributed by atoms with Crippen LogP contribution in [0.25, 0.3) is 0 Å². The number of aromatic amines is 1. The number of esters is 6. The number of carbonyl (C=O) groups excluding carboxylic acids is 7. The Hall–Kier alpha value is -5.55.